The Kier molecular flexibility index (Phi) is 8.18. The van der Waals surface area contributed by atoms with E-state index in [9.17, 15) is 0 Å². The van der Waals surface area contributed by atoms with Crippen molar-refractivity contribution in [3.8, 4) is 0 Å². The van der Waals surface area contributed by atoms with Gasteiger partial charge in [0.1, 0.15) is 0 Å². The van der Waals surface area contributed by atoms with Crippen LogP contribution < -0.4 is 0 Å². The number of hydrogen-bond donors (Lipinski definition) is 0. The molecule has 0 amide bonds. The predicted octanol–water partition coefficient (Wildman–Crippen LogP) is 4.91. The van der Waals surface area contributed by atoms with Crippen molar-refractivity contribution < 1.29 is 0 Å². The van der Waals surface area contributed by atoms with E-state index >= 15 is 0 Å². The molecule has 0 unspecified atom stereocenters. The molecular formula is C13H25. The van der Waals surface area contributed by atoms with Gasteiger partial charge in [0.25, 0.3) is 0 Å². The third kappa shape index (κ3) is 8.08. The molecule has 0 nitrogen and oxygen atoms in total. The maximum atomic E-state index is 3.95. The van der Waals surface area contributed by atoms with E-state index in [0.29, 0.717) is 0 Å². The Balaban J connectivity index is 3.22. The Labute approximate surface area is 84.4 Å². The van der Waals surface area contributed by atoms with E-state index < -0.39 is 0 Å². The van der Waals surface area contributed by atoms with E-state index in [0.717, 1.165) is 0 Å². The average molecular weight is 181 g/mol. The maximum Gasteiger partial charge on any atom is -0.0283 e. The Morgan fingerprint density at radius 1 is 0.923 bits per heavy atom. The number of unbranched alkanes of at least 4 members (excludes halogenated alkanes) is 5. The lowest BCUT2D eigenvalue weighted by Gasteiger charge is -2.03. The fourth-order valence-electron chi connectivity index (χ4n) is 1.38. The van der Waals surface area contributed by atoms with Gasteiger partial charge in [-0.2, -0.15) is 0 Å². The number of hydrogen-bond acceptors (Lipinski definition) is 0. The van der Waals surface area contributed by atoms with Gasteiger partial charge in [0.05, 0.1) is 0 Å². The highest BCUT2D eigenvalue weighted by atomic mass is 14.0. The molecule has 0 saturated heterocycles. The highest BCUT2D eigenvalue weighted by Gasteiger charge is 1.93. The first-order valence-corrected chi connectivity index (χ1v) is 5.66. The summed E-state index contributed by atoms with van der Waals surface area (Å²) in [6.07, 6.45) is 9.58. The molecule has 0 bridgehead atoms. The van der Waals surface area contributed by atoms with Crippen LogP contribution in [0.15, 0.2) is 11.1 Å². The molecule has 0 rings (SSSR count). The molecule has 77 valence electrons. The minimum Gasteiger partial charge on any atom is -0.0744 e. The second kappa shape index (κ2) is 8.34. The summed E-state index contributed by atoms with van der Waals surface area (Å²) in [6, 6.07) is 0. The molecule has 0 spiro atoms. The Morgan fingerprint density at radius 3 is 2.00 bits per heavy atom. The standard InChI is InChI=1S/C13H25/c1-5-6-7-8-9-10-11-13(4)12(2)3/h2,5-11H2,1,3-4H3/b13-12-. The summed E-state index contributed by atoms with van der Waals surface area (Å²) in [4.78, 5) is 0. The van der Waals surface area contributed by atoms with Gasteiger partial charge < -0.3 is 0 Å². The Hall–Kier alpha value is -0.260. The van der Waals surface area contributed by atoms with E-state index in [4.69, 9.17) is 0 Å². The fourth-order valence-corrected chi connectivity index (χ4v) is 1.38. The summed E-state index contributed by atoms with van der Waals surface area (Å²) < 4.78 is 0. The lowest BCUT2D eigenvalue weighted by molar-refractivity contribution is 0.606. The molecule has 0 aromatic rings. The molecule has 0 aromatic carbocycles. The molecule has 0 aliphatic carbocycles. The normalized spacial score (nSPS) is 12.9. The van der Waals surface area contributed by atoms with Gasteiger partial charge in [-0.05, 0) is 33.6 Å². The molecule has 0 aromatic heterocycles. The van der Waals surface area contributed by atoms with Crippen LogP contribution in [0.5, 0.6) is 0 Å². The van der Waals surface area contributed by atoms with Gasteiger partial charge in [-0.25, -0.2) is 0 Å². The zero-order valence-corrected chi connectivity index (χ0v) is 9.66. The van der Waals surface area contributed by atoms with Gasteiger partial charge in [-0.3, -0.25) is 0 Å². The minimum atomic E-state index is 1.25. The molecule has 0 heterocycles. The van der Waals surface area contributed by atoms with Crippen molar-refractivity contribution in [1.82, 2.24) is 0 Å². The molecule has 0 aliphatic heterocycles. The smallest absolute Gasteiger partial charge is 0.0283 e. The minimum absolute atomic E-state index is 1.25. The summed E-state index contributed by atoms with van der Waals surface area (Å²) in [6.45, 7) is 10.5. The van der Waals surface area contributed by atoms with Crippen LogP contribution in [0.1, 0.15) is 65.7 Å². The van der Waals surface area contributed by atoms with E-state index in [-0.39, 0.29) is 0 Å². The van der Waals surface area contributed by atoms with Gasteiger partial charge in [0, 0.05) is 0 Å². The van der Waals surface area contributed by atoms with Crippen molar-refractivity contribution >= 4 is 0 Å². The van der Waals surface area contributed by atoms with E-state index in [2.05, 4.69) is 27.7 Å². The van der Waals surface area contributed by atoms with Gasteiger partial charge in [-0.15, -0.1) is 0 Å². The third-order valence-electron chi connectivity index (χ3n) is 2.63. The molecule has 13 heavy (non-hydrogen) atoms. The lowest BCUT2D eigenvalue weighted by Crippen LogP contribution is -1.83. The van der Waals surface area contributed by atoms with Crippen LogP contribution in [0, 0.1) is 6.92 Å². The molecule has 0 aliphatic rings. The van der Waals surface area contributed by atoms with Crippen LogP contribution in [0.2, 0.25) is 0 Å². The largest absolute Gasteiger partial charge is 0.0744 e. The summed E-state index contributed by atoms with van der Waals surface area (Å²) in [5.41, 5.74) is 2.74. The summed E-state index contributed by atoms with van der Waals surface area (Å²) in [5, 5.41) is 0. The third-order valence-corrected chi connectivity index (χ3v) is 2.63. The van der Waals surface area contributed by atoms with Crippen molar-refractivity contribution in [3.63, 3.8) is 0 Å². The molecule has 0 fully saturated rings. The summed E-state index contributed by atoms with van der Waals surface area (Å²) in [7, 11) is 0. The predicted molar refractivity (Wildman–Crippen MR) is 61.7 cm³/mol. The van der Waals surface area contributed by atoms with E-state index in [1.54, 1.807) is 0 Å². The molecule has 0 saturated carbocycles. The molecular weight excluding hydrogens is 156 g/mol. The van der Waals surface area contributed by atoms with Gasteiger partial charge in [0.2, 0.25) is 0 Å². The van der Waals surface area contributed by atoms with Crippen LogP contribution >= 0.6 is 0 Å². The van der Waals surface area contributed by atoms with Crippen molar-refractivity contribution in [1.29, 1.82) is 0 Å². The highest BCUT2D eigenvalue weighted by Crippen LogP contribution is 2.13. The van der Waals surface area contributed by atoms with E-state index in [1.807, 2.05) is 0 Å². The molecule has 0 atom stereocenters. The SMILES string of the molecule is [CH2]/C(C)=C(\C)CCCCCCCC. The van der Waals surface area contributed by atoms with Gasteiger partial charge in [0.15, 0.2) is 0 Å². The van der Waals surface area contributed by atoms with Crippen LogP contribution in [0.25, 0.3) is 0 Å². The molecule has 0 N–H and O–H groups in total. The van der Waals surface area contributed by atoms with E-state index in [1.165, 1.54) is 56.1 Å². The average Bonchev–Trinajstić information content (AvgIpc) is 2.10. The monoisotopic (exact) mass is 181 g/mol. The molecule has 1 radical (unpaired) electrons. The van der Waals surface area contributed by atoms with Gasteiger partial charge >= 0.3 is 0 Å². The quantitative estimate of drug-likeness (QED) is 0.490. The van der Waals surface area contributed by atoms with Crippen molar-refractivity contribution in [2.75, 3.05) is 0 Å². The molecule has 0 heteroatoms. The summed E-state index contributed by atoms with van der Waals surface area (Å²) in [5.74, 6) is 0. The van der Waals surface area contributed by atoms with Crippen LogP contribution in [-0.2, 0) is 0 Å². The van der Waals surface area contributed by atoms with Crippen molar-refractivity contribution in [3.05, 3.63) is 18.1 Å². The summed E-state index contributed by atoms with van der Waals surface area (Å²) >= 11 is 0. The Morgan fingerprint density at radius 2 is 1.46 bits per heavy atom. The maximum absolute atomic E-state index is 3.95. The van der Waals surface area contributed by atoms with Crippen LogP contribution in [0.3, 0.4) is 0 Å². The zero-order chi connectivity index (χ0) is 10.1. The van der Waals surface area contributed by atoms with Crippen molar-refractivity contribution in [2.24, 2.45) is 0 Å². The van der Waals surface area contributed by atoms with Crippen molar-refractivity contribution in [2.45, 2.75) is 65.7 Å². The first-order chi connectivity index (χ1) is 6.18. The zero-order valence-electron chi connectivity index (χ0n) is 9.66. The fraction of sp³-hybridized carbons (Fsp3) is 0.769. The Bertz CT molecular complexity index is 138. The van der Waals surface area contributed by atoms with Gasteiger partial charge in [-0.1, -0.05) is 50.2 Å². The second-order valence-electron chi connectivity index (χ2n) is 4.08. The highest BCUT2D eigenvalue weighted by molar-refractivity contribution is 5.11. The first kappa shape index (κ1) is 12.7. The number of allylic oxidation sites excluding steroid dienone is 2. The number of rotatable bonds is 7. The topological polar surface area (TPSA) is 0 Å². The first-order valence-electron chi connectivity index (χ1n) is 5.66. The van der Waals surface area contributed by atoms with Crippen LogP contribution in [-0.4, -0.2) is 0 Å². The second-order valence-corrected chi connectivity index (χ2v) is 4.08. The lowest BCUT2D eigenvalue weighted by atomic mass is 10.0. The van der Waals surface area contributed by atoms with Crippen LogP contribution in [0.4, 0.5) is 0 Å².